The van der Waals surface area contributed by atoms with Gasteiger partial charge in [-0.3, -0.25) is 4.57 Å². The van der Waals surface area contributed by atoms with Gasteiger partial charge in [0.15, 0.2) is 5.58 Å². The molecule has 18 heavy (non-hydrogen) atoms. The van der Waals surface area contributed by atoms with Crippen molar-refractivity contribution < 1.29 is 9.15 Å². The molecule has 5 heteroatoms. The summed E-state index contributed by atoms with van der Waals surface area (Å²) in [5.41, 5.74) is 2.73. The maximum Gasteiger partial charge on any atom is 0.419 e. The lowest BCUT2D eigenvalue weighted by Gasteiger charge is -2.41. The normalized spacial score (nSPS) is 17.9. The third-order valence-corrected chi connectivity index (χ3v) is 3.97. The van der Waals surface area contributed by atoms with Gasteiger partial charge >= 0.3 is 5.76 Å². The number of aryl methyl sites for hydroxylation is 1. The van der Waals surface area contributed by atoms with Gasteiger partial charge < -0.3 is 9.15 Å². The van der Waals surface area contributed by atoms with Crippen LogP contribution in [0.15, 0.2) is 27.4 Å². The molecule has 3 rings (SSSR count). The van der Waals surface area contributed by atoms with Gasteiger partial charge in [-0.1, -0.05) is 6.07 Å². The van der Waals surface area contributed by atoms with Crippen LogP contribution in [-0.4, -0.2) is 23.5 Å². The number of oxazole rings is 1. The van der Waals surface area contributed by atoms with Crippen LogP contribution in [0.5, 0.6) is 0 Å². The van der Waals surface area contributed by atoms with Gasteiger partial charge in [0.05, 0.1) is 18.7 Å². The summed E-state index contributed by atoms with van der Waals surface area (Å²) in [5, 5.41) is 0. The van der Waals surface area contributed by atoms with Gasteiger partial charge in [0, 0.05) is 12.5 Å². The number of hydrogen-bond acceptors (Lipinski definition) is 4. The standard InChI is InChI=1S/C13H15NO3S/c1-14-10-6-9(2-3-11(10)17-12(14)15)13(4-5-18)7-16-8-13/h2-3,6,18H,4-5,7-8H2,1H3. The van der Waals surface area contributed by atoms with Crippen molar-refractivity contribution in [1.29, 1.82) is 0 Å². The quantitative estimate of drug-likeness (QED) is 0.859. The Morgan fingerprint density at radius 3 is 2.83 bits per heavy atom. The van der Waals surface area contributed by atoms with Gasteiger partial charge in [-0.05, 0) is 29.9 Å². The molecular weight excluding hydrogens is 250 g/mol. The zero-order chi connectivity index (χ0) is 12.8. The Hall–Kier alpha value is -1.20. The lowest BCUT2D eigenvalue weighted by Crippen LogP contribution is -2.47. The summed E-state index contributed by atoms with van der Waals surface area (Å²) in [6, 6.07) is 5.92. The summed E-state index contributed by atoms with van der Waals surface area (Å²) >= 11 is 4.32. The van der Waals surface area contributed by atoms with Crippen molar-refractivity contribution in [3.8, 4) is 0 Å². The van der Waals surface area contributed by atoms with E-state index in [-0.39, 0.29) is 11.2 Å². The molecule has 2 heterocycles. The smallest absolute Gasteiger partial charge is 0.408 e. The second-order valence-corrected chi connectivity index (χ2v) is 5.30. The summed E-state index contributed by atoms with van der Waals surface area (Å²) in [6.45, 7) is 1.45. The first kappa shape index (κ1) is 11.9. The lowest BCUT2D eigenvalue weighted by molar-refractivity contribution is -0.0613. The molecule has 0 unspecified atom stereocenters. The average molecular weight is 265 g/mol. The largest absolute Gasteiger partial charge is 0.419 e. The van der Waals surface area contributed by atoms with Gasteiger partial charge in [-0.25, -0.2) is 4.79 Å². The summed E-state index contributed by atoms with van der Waals surface area (Å²) in [5.74, 6) is 0.501. The number of ether oxygens (including phenoxy) is 1. The molecule has 0 amide bonds. The molecule has 96 valence electrons. The molecule has 1 fully saturated rings. The first-order valence-corrected chi connectivity index (χ1v) is 6.58. The molecule has 0 atom stereocenters. The maximum absolute atomic E-state index is 11.5. The molecule has 0 aliphatic carbocycles. The van der Waals surface area contributed by atoms with E-state index in [1.807, 2.05) is 18.2 Å². The van der Waals surface area contributed by atoms with Crippen LogP contribution in [-0.2, 0) is 17.2 Å². The van der Waals surface area contributed by atoms with Crippen LogP contribution in [0.2, 0.25) is 0 Å². The van der Waals surface area contributed by atoms with Crippen LogP contribution >= 0.6 is 12.6 Å². The second-order valence-electron chi connectivity index (χ2n) is 4.86. The minimum Gasteiger partial charge on any atom is -0.408 e. The number of fused-ring (bicyclic) bond motifs is 1. The molecule has 1 aromatic heterocycles. The number of benzene rings is 1. The number of hydrogen-bond donors (Lipinski definition) is 1. The van der Waals surface area contributed by atoms with Crippen molar-refractivity contribution in [3.63, 3.8) is 0 Å². The second kappa shape index (κ2) is 4.17. The Labute approximate surface area is 110 Å². The minimum absolute atomic E-state index is 0.0588. The van der Waals surface area contributed by atoms with E-state index in [2.05, 4.69) is 12.6 Å². The van der Waals surface area contributed by atoms with E-state index in [1.165, 1.54) is 10.1 Å². The van der Waals surface area contributed by atoms with Gasteiger partial charge in [0.2, 0.25) is 0 Å². The molecular formula is C13H15NO3S. The third kappa shape index (κ3) is 1.61. The minimum atomic E-state index is -0.324. The summed E-state index contributed by atoms with van der Waals surface area (Å²) in [7, 11) is 1.72. The molecule has 1 saturated heterocycles. The zero-order valence-corrected chi connectivity index (χ0v) is 11.1. The fraction of sp³-hybridized carbons (Fsp3) is 0.462. The lowest BCUT2D eigenvalue weighted by atomic mass is 9.76. The van der Waals surface area contributed by atoms with E-state index in [9.17, 15) is 4.79 Å². The van der Waals surface area contributed by atoms with Gasteiger partial charge in [-0.2, -0.15) is 12.6 Å². The van der Waals surface area contributed by atoms with E-state index < -0.39 is 0 Å². The molecule has 0 spiro atoms. The molecule has 0 saturated carbocycles. The highest BCUT2D eigenvalue weighted by Gasteiger charge is 2.39. The first-order chi connectivity index (χ1) is 8.66. The topological polar surface area (TPSA) is 44.4 Å². The van der Waals surface area contributed by atoms with Crippen LogP contribution in [0.25, 0.3) is 11.1 Å². The highest BCUT2D eigenvalue weighted by Crippen LogP contribution is 2.37. The van der Waals surface area contributed by atoms with E-state index in [0.29, 0.717) is 5.58 Å². The Kier molecular flexibility index (Phi) is 2.75. The molecule has 0 bridgehead atoms. The van der Waals surface area contributed by atoms with Crippen LogP contribution < -0.4 is 5.76 Å². The fourth-order valence-corrected chi connectivity index (χ4v) is 2.90. The Balaban J connectivity index is 2.12. The highest BCUT2D eigenvalue weighted by molar-refractivity contribution is 7.80. The molecule has 2 aromatic rings. The van der Waals surface area contributed by atoms with E-state index in [0.717, 1.165) is 30.9 Å². The number of aromatic nitrogens is 1. The first-order valence-electron chi connectivity index (χ1n) is 5.95. The molecule has 0 N–H and O–H groups in total. The molecule has 1 aliphatic heterocycles. The van der Waals surface area contributed by atoms with Crippen molar-refractivity contribution in [1.82, 2.24) is 4.57 Å². The third-order valence-electron chi connectivity index (χ3n) is 3.75. The Bertz CT molecular complexity index is 639. The number of rotatable bonds is 3. The monoisotopic (exact) mass is 265 g/mol. The number of thiol groups is 1. The Morgan fingerprint density at radius 2 is 2.22 bits per heavy atom. The Morgan fingerprint density at radius 1 is 1.44 bits per heavy atom. The molecule has 4 nitrogen and oxygen atoms in total. The van der Waals surface area contributed by atoms with Crippen molar-refractivity contribution in [2.24, 2.45) is 7.05 Å². The van der Waals surface area contributed by atoms with Crippen LogP contribution in [0, 0.1) is 0 Å². The predicted molar refractivity (Wildman–Crippen MR) is 72.4 cm³/mol. The van der Waals surface area contributed by atoms with Crippen molar-refractivity contribution in [3.05, 3.63) is 34.3 Å². The van der Waals surface area contributed by atoms with E-state index in [1.54, 1.807) is 7.05 Å². The van der Waals surface area contributed by atoms with Crippen LogP contribution in [0.4, 0.5) is 0 Å². The molecule has 1 aliphatic rings. The molecule has 0 radical (unpaired) electrons. The summed E-state index contributed by atoms with van der Waals surface area (Å²) < 4.78 is 12.0. The van der Waals surface area contributed by atoms with E-state index in [4.69, 9.17) is 9.15 Å². The summed E-state index contributed by atoms with van der Waals surface area (Å²) in [4.78, 5) is 11.5. The average Bonchev–Trinajstić information content (AvgIpc) is 2.60. The van der Waals surface area contributed by atoms with Gasteiger partial charge in [-0.15, -0.1) is 0 Å². The predicted octanol–water partition coefficient (Wildman–Crippen LogP) is 1.72. The van der Waals surface area contributed by atoms with Gasteiger partial charge in [0.25, 0.3) is 0 Å². The maximum atomic E-state index is 11.5. The number of nitrogens with zero attached hydrogens (tertiary/aromatic N) is 1. The molecule has 1 aromatic carbocycles. The van der Waals surface area contributed by atoms with Crippen molar-refractivity contribution >= 4 is 23.7 Å². The van der Waals surface area contributed by atoms with Crippen LogP contribution in [0.3, 0.4) is 0 Å². The van der Waals surface area contributed by atoms with Crippen molar-refractivity contribution in [2.45, 2.75) is 11.8 Å². The fourth-order valence-electron chi connectivity index (χ4n) is 2.47. The SMILES string of the molecule is Cn1c(=O)oc2ccc(C3(CCS)COC3)cc21. The summed E-state index contributed by atoms with van der Waals surface area (Å²) in [6.07, 6.45) is 0.980. The zero-order valence-electron chi connectivity index (χ0n) is 10.2. The van der Waals surface area contributed by atoms with E-state index >= 15 is 0 Å². The highest BCUT2D eigenvalue weighted by atomic mass is 32.1. The van der Waals surface area contributed by atoms with Gasteiger partial charge in [0.1, 0.15) is 0 Å². The van der Waals surface area contributed by atoms with Crippen LogP contribution in [0.1, 0.15) is 12.0 Å². The van der Waals surface area contributed by atoms with Crippen molar-refractivity contribution in [2.75, 3.05) is 19.0 Å².